The van der Waals surface area contributed by atoms with E-state index in [0.717, 1.165) is 11.4 Å². The van der Waals surface area contributed by atoms with Gasteiger partial charge in [0, 0.05) is 5.38 Å². The molecule has 2 rings (SSSR count). The fraction of sp³-hybridized carbons (Fsp3) is 0. The van der Waals surface area contributed by atoms with E-state index in [1.807, 2.05) is 35.7 Å². The SMILES string of the molecule is C(=N/Nc1ccccc1)/c1csnn1. The van der Waals surface area contributed by atoms with Gasteiger partial charge in [0.1, 0.15) is 5.69 Å². The second-order valence-electron chi connectivity index (χ2n) is 2.57. The summed E-state index contributed by atoms with van der Waals surface area (Å²) in [5, 5.41) is 9.67. The first kappa shape index (κ1) is 8.83. The first-order valence-electron chi connectivity index (χ1n) is 4.06. The van der Waals surface area contributed by atoms with Crippen molar-refractivity contribution in [3.05, 3.63) is 41.4 Å². The van der Waals surface area contributed by atoms with Crippen molar-refractivity contribution in [3.63, 3.8) is 0 Å². The predicted molar refractivity (Wildman–Crippen MR) is 57.6 cm³/mol. The minimum Gasteiger partial charge on any atom is -0.278 e. The highest BCUT2D eigenvalue weighted by Gasteiger charge is 1.89. The van der Waals surface area contributed by atoms with Crippen LogP contribution in [0.4, 0.5) is 5.69 Å². The highest BCUT2D eigenvalue weighted by atomic mass is 32.1. The fourth-order valence-corrected chi connectivity index (χ4v) is 1.32. The Morgan fingerprint density at radius 2 is 2.14 bits per heavy atom. The minimum absolute atomic E-state index is 0.762. The Balaban J connectivity index is 1.95. The smallest absolute Gasteiger partial charge is 0.118 e. The highest BCUT2D eigenvalue weighted by Crippen LogP contribution is 2.04. The van der Waals surface area contributed by atoms with Crippen molar-refractivity contribution in [2.24, 2.45) is 5.10 Å². The normalized spacial score (nSPS) is 10.6. The Morgan fingerprint density at radius 1 is 1.29 bits per heavy atom. The molecule has 5 heteroatoms. The summed E-state index contributed by atoms with van der Waals surface area (Å²) in [4.78, 5) is 0. The predicted octanol–water partition coefficient (Wildman–Crippen LogP) is 1.98. The summed E-state index contributed by atoms with van der Waals surface area (Å²) in [5.41, 5.74) is 4.60. The molecule has 1 heterocycles. The molecule has 2 aromatic rings. The van der Waals surface area contributed by atoms with Crippen LogP contribution in [-0.2, 0) is 0 Å². The van der Waals surface area contributed by atoms with Crippen LogP contribution >= 0.6 is 11.5 Å². The maximum Gasteiger partial charge on any atom is 0.118 e. The molecular formula is C9H8N4S. The molecule has 0 saturated carbocycles. The van der Waals surface area contributed by atoms with E-state index < -0.39 is 0 Å². The van der Waals surface area contributed by atoms with E-state index in [9.17, 15) is 0 Å². The first-order valence-corrected chi connectivity index (χ1v) is 4.90. The number of anilines is 1. The average Bonchev–Trinajstić information content (AvgIpc) is 2.72. The van der Waals surface area contributed by atoms with Gasteiger partial charge in [0.05, 0.1) is 11.9 Å². The van der Waals surface area contributed by atoms with Crippen LogP contribution in [0.2, 0.25) is 0 Å². The standard InChI is InChI=1S/C9H8N4S/c1-2-4-8(5-3-1)11-10-6-9-7-14-13-12-9/h1-7,11H/b10-6-. The second kappa shape index (κ2) is 4.48. The summed E-state index contributed by atoms with van der Waals surface area (Å²) in [6.45, 7) is 0. The maximum absolute atomic E-state index is 4.01. The molecule has 0 unspecified atom stereocenters. The van der Waals surface area contributed by atoms with E-state index in [2.05, 4.69) is 20.1 Å². The second-order valence-corrected chi connectivity index (χ2v) is 3.18. The van der Waals surface area contributed by atoms with Gasteiger partial charge in [0.15, 0.2) is 0 Å². The van der Waals surface area contributed by atoms with Gasteiger partial charge in [-0.1, -0.05) is 22.7 Å². The van der Waals surface area contributed by atoms with Crippen molar-refractivity contribution >= 4 is 23.4 Å². The zero-order chi connectivity index (χ0) is 9.64. The lowest BCUT2D eigenvalue weighted by Gasteiger charge is -1.96. The topological polar surface area (TPSA) is 50.2 Å². The molecule has 0 radical (unpaired) electrons. The minimum atomic E-state index is 0.762. The van der Waals surface area contributed by atoms with E-state index in [1.165, 1.54) is 11.5 Å². The molecule has 14 heavy (non-hydrogen) atoms. The Kier molecular flexibility index (Phi) is 2.82. The molecule has 0 aliphatic carbocycles. The Bertz CT molecular complexity index is 396. The van der Waals surface area contributed by atoms with E-state index in [4.69, 9.17) is 0 Å². The molecule has 0 aliphatic heterocycles. The van der Waals surface area contributed by atoms with Crippen LogP contribution in [0, 0.1) is 0 Å². The molecule has 0 saturated heterocycles. The zero-order valence-corrected chi connectivity index (χ0v) is 8.11. The van der Waals surface area contributed by atoms with E-state index in [-0.39, 0.29) is 0 Å². The van der Waals surface area contributed by atoms with Crippen LogP contribution in [0.5, 0.6) is 0 Å². The van der Waals surface area contributed by atoms with Gasteiger partial charge < -0.3 is 0 Å². The van der Waals surface area contributed by atoms with Gasteiger partial charge in [0.2, 0.25) is 0 Å². The molecule has 0 aliphatic rings. The third-order valence-electron chi connectivity index (χ3n) is 1.54. The van der Waals surface area contributed by atoms with E-state index in [0.29, 0.717) is 0 Å². The first-order chi connectivity index (χ1) is 6.95. The molecule has 0 amide bonds. The number of para-hydroxylation sites is 1. The summed E-state index contributed by atoms with van der Waals surface area (Å²) < 4.78 is 3.72. The lowest BCUT2D eigenvalue weighted by Crippen LogP contribution is -1.90. The number of benzene rings is 1. The Hall–Kier alpha value is -1.75. The maximum atomic E-state index is 4.01. The molecule has 70 valence electrons. The number of hydrogen-bond donors (Lipinski definition) is 1. The van der Waals surface area contributed by atoms with Gasteiger partial charge >= 0.3 is 0 Å². The van der Waals surface area contributed by atoms with Crippen LogP contribution in [0.25, 0.3) is 0 Å². The zero-order valence-electron chi connectivity index (χ0n) is 7.29. The molecule has 0 spiro atoms. The monoisotopic (exact) mass is 204 g/mol. The van der Waals surface area contributed by atoms with Crippen molar-refractivity contribution < 1.29 is 0 Å². The van der Waals surface area contributed by atoms with Crippen molar-refractivity contribution in [1.82, 2.24) is 9.59 Å². The van der Waals surface area contributed by atoms with Gasteiger partial charge in [0.25, 0.3) is 0 Å². The van der Waals surface area contributed by atoms with Gasteiger partial charge in [-0.2, -0.15) is 5.10 Å². The van der Waals surface area contributed by atoms with E-state index >= 15 is 0 Å². The van der Waals surface area contributed by atoms with Crippen molar-refractivity contribution in [2.75, 3.05) is 5.43 Å². The number of rotatable bonds is 3. The van der Waals surface area contributed by atoms with Crippen LogP contribution in [0.15, 0.2) is 40.8 Å². The van der Waals surface area contributed by atoms with Gasteiger partial charge in [-0.05, 0) is 23.7 Å². The molecule has 0 fully saturated rings. The summed E-state index contributed by atoms with van der Waals surface area (Å²) in [5.74, 6) is 0. The fourth-order valence-electron chi connectivity index (χ4n) is 0.914. The van der Waals surface area contributed by atoms with Crippen LogP contribution in [0.3, 0.4) is 0 Å². The Morgan fingerprint density at radius 3 is 2.86 bits per heavy atom. The largest absolute Gasteiger partial charge is 0.278 e. The van der Waals surface area contributed by atoms with Gasteiger partial charge in [-0.15, -0.1) is 5.10 Å². The molecule has 0 atom stereocenters. The summed E-state index contributed by atoms with van der Waals surface area (Å²) in [6.07, 6.45) is 1.64. The van der Waals surface area contributed by atoms with E-state index in [1.54, 1.807) is 6.21 Å². The Labute approximate surface area is 85.5 Å². The van der Waals surface area contributed by atoms with Gasteiger partial charge in [-0.25, -0.2) is 0 Å². The van der Waals surface area contributed by atoms with Crippen molar-refractivity contribution in [1.29, 1.82) is 0 Å². The molecule has 4 nitrogen and oxygen atoms in total. The number of hydrazone groups is 1. The van der Waals surface area contributed by atoms with Gasteiger partial charge in [-0.3, -0.25) is 5.43 Å². The third kappa shape index (κ3) is 2.37. The molecular weight excluding hydrogens is 196 g/mol. The summed E-state index contributed by atoms with van der Waals surface area (Å²) in [6, 6.07) is 9.73. The highest BCUT2D eigenvalue weighted by molar-refractivity contribution is 7.03. The molecule has 1 N–H and O–H groups in total. The van der Waals surface area contributed by atoms with Crippen LogP contribution in [0.1, 0.15) is 5.69 Å². The lowest BCUT2D eigenvalue weighted by molar-refractivity contribution is 1.14. The lowest BCUT2D eigenvalue weighted by atomic mass is 10.3. The number of hydrogen-bond acceptors (Lipinski definition) is 5. The summed E-state index contributed by atoms with van der Waals surface area (Å²) >= 11 is 1.31. The quantitative estimate of drug-likeness (QED) is 0.614. The molecule has 1 aromatic heterocycles. The number of aromatic nitrogens is 2. The number of nitrogens with zero attached hydrogens (tertiary/aromatic N) is 3. The van der Waals surface area contributed by atoms with Crippen LogP contribution in [-0.4, -0.2) is 15.8 Å². The van der Waals surface area contributed by atoms with Crippen molar-refractivity contribution in [2.45, 2.75) is 0 Å². The summed E-state index contributed by atoms with van der Waals surface area (Å²) in [7, 11) is 0. The average molecular weight is 204 g/mol. The van der Waals surface area contributed by atoms with Crippen molar-refractivity contribution in [3.8, 4) is 0 Å². The molecule has 0 bridgehead atoms. The van der Waals surface area contributed by atoms with Crippen LogP contribution < -0.4 is 5.43 Å². The molecule has 1 aromatic carbocycles. The number of nitrogens with one attached hydrogen (secondary N) is 1. The third-order valence-corrected chi connectivity index (χ3v) is 2.06.